The number of amides is 1. The Kier molecular flexibility index (Phi) is 6.84. The van der Waals surface area contributed by atoms with Gasteiger partial charge in [0.15, 0.2) is 0 Å². The van der Waals surface area contributed by atoms with E-state index in [9.17, 15) is 4.79 Å². The van der Waals surface area contributed by atoms with Gasteiger partial charge in [-0.15, -0.1) is 0 Å². The molecule has 154 valence electrons. The van der Waals surface area contributed by atoms with E-state index in [1.54, 1.807) is 4.90 Å². The van der Waals surface area contributed by atoms with E-state index in [0.29, 0.717) is 30.9 Å². The first kappa shape index (κ1) is 20.8. The van der Waals surface area contributed by atoms with Crippen LogP contribution in [0.3, 0.4) is 0 Å². The van der Waals surface area contributed by atoms with Gasteiger partial charge in [0.2, 0.25) is 5.91 Å². The van der Waals surface area contributed by atoms with Gasteiger partial charge in [-0.05, 0) is 18.7 Å². The molecule has 1 aliphatic rings. The van der Waals surface area contributed by atoms with Crippen molar-refractivity contribution in [3.8, 4) is 0 Å². The van der Waals surface area contributed by atoms with Gasteiger partial charge in [0.05, 0.1) is 30.2 Å². The van der Waals surface area contributed by atoms with Crippen LogP contribution < -0.4 is 21.8 Å². The number of fused-ring (bicyclic) bond motifs is 2. The molecular weight excluding hydrogens is 370 g/mol. The van der Waals surface area contributed by atoms with Crippen molar-refractivity contribution in [1.29, 1.82) is 0 Å². The van der Waals surface area contributed by atoms with Crippen LogP contribution in [-0.2, 0) is 16.2 Å². The van der Waals surface area contributed by atoms with E-state index in [2.05, 4.69) is 10.2 Å². The molecule has 1 amide bonds. The first-order valence-electron chi connectivity index (χ1n) is 9.49. The molecule has 0 unspecified atom stereocenters. The summed E-state index contributed by atoms with van der Waals surface area (Å²) in [6, 6.07) is 15.3. The highest BCUT2D eigenvalue weighted by Crippen LogP contribution is 2.36. The number of hydrogen-bond donors (Lipinski definition) is 4. The van der Waals surface area contributed by atoms with Crippen LogP contribution in [-0.4, -0.2) is 42.9 Å². The monoisotopic (exact) mass is 397 g/mol. The fourth-order valence-corrected chi connectivity index (χ4v) is 3.51. The van der Waals surface area contributed by atoms with Crippen molar-refractivity contribution in [1.82, 2.24) is 10.3 Å². The lowest BCUT2D eigenvalue weighted by Crippen LogP contribution is -2.38. The highest BCUT2D eigenvalue weighted by Gasteiger charge is 2.27. The Hall–Kier alpha value is -2.91. The van der Waals surface area contributed by atoms with Crippen molar-refractivity contribution < 1.29 is 14.9 Å². The summed E-state index contributed by atoms with van der Waals surface area (Å²) in [5.74, 6) is 6.31. The maximum Gasteiger partial charge on any atom is 0.228 e. The minimum absolute atomic E-state index is 0.00341. The van der Waals surface area contributed by atoms with E-state index < -0.39 is 0 Å². The van der Waals surface area contributed by atoms with Gasteiger partial charge in [-0.3, -0.25) is 10.1 Å². The molecule has 0 atom stereocenters. The SMILES string of the molecule is CNCCC(=O)N1Cc2ccccc2/C(N)=C(/N(N)CCOO)c2ccccc21. The summed E-state index contributed by atoms with van der Waals surface area (Å²) in [6.45, 7) is 1.23. The van der Waals surface area contributed by atoms with Crippen LogP contribution in [0.15, 0.2) is 48.5 Å². The third-order valence-electron chi connectivity index (χ3n) is 4.94. The fraction of sp³-hybridized carbons (Fsp3) is 0.286. The number of nitrogens with zero attached hydrogens (tertiary/aromatic N) is 2. The van der Waals surface area contributed by atoms with Crippen LogP contribution in [0, 0.1) is 0 Å². The molecule has 1 aliphatic heterocycles. The van der Waals surface area contributed by atoms with E-state index in [4.69, 9.17) is 16.8 Å². The second kappa shape index (κ2) is 9.53. The first-order valence-corrected chi connectivity index (χ1v) is 9.49. The maximum atomic E-state index is 13.1. The highest BCUT2D eigenvalue weighted by atomic mass is 17.1. The zero-order chi connectivity index (χ0) is 20.8. The number of carbonyl (C=O) groups is 1. The average Bonchev–Trinajstić information content (AvgIpc) is 2.74. The minimum Gasteiger partial charge on any atom is -0.396 e. The number of para-hydroxylation sites is 1. The van der Waals surface area contributed by atoms with Gasteiger partial charge < -0.3 is 21.0 Å². The van der Waals surface area contributed by atoms with Crippen molar-refractivity contribution in [2.45, 2.75) is 13.0 Å². The molecule has 8 heteroatoms. The molecule has 0 spiro atoms. The standard InChI is InChI=1S/C21H27N5O3/c1-24-11-10-19(27)25-14-15-6-2-3-7-16(15)20(22)21(26(23)12-13-29-28)17-8-4-5-9-18(17)25/h2-9,24,28H,10-14,22-23H2,1H3/b21-20-. The lowest BCUT2D eigenvalue weighted by atomic mass is 9.95. The summed E-state index contributed by atoms with van der Waals surface area (Å²) < 4.78 is 0. The van der Waals surface area contributed by atoms with E-state index in [1.807, 2.05) is 55.6 Å². The molecule has 2 aromatic rings. The smallest absolute Gasteiger partial charge is 0.228 e. The zero-order valence-electron chi connectivity index (χ0n) is 16.5. The zero-order valence-corrected chi connectivity index (χ0v) is 16.5. The molecule has 29 heavy (non-hydrogen) atoms. The Balaban J connectivity index is 2.20. The quantitative estimate of drug-likeness (QED) is 0.318. The molecule has 2 aromatic carbocycles. The number of rotatable bonds is 7. The molecule has 0 saturated heterocycles. The molecule has 0 fully saturated rings. The van der Waals surface area contributed by atoms with Gasteiger partial charge in [-0.2, -0.15) is 0 Å². The molecule has 0 radical (unpaired) electrons. The number of hydrogen-bond acceptors (Lipinski definition) is 7. The normalized spacial score (nSPS) is 15.9. The van der Waals surface area contributed by atoms with E-state index in [1.165, 1.54) is 5.01 Å². The van der Waals surface area contributed by atoms with Crippen molar-refractivity contribution >= 4 is 23.0 Å². The Labute approximate surface area is 170 Å². The first-order chi connectivity index (χ1) is 14.1. The van der Waals surface area contributed by atoms with Crippen LogP contribution in [0.25, 0.3) is 11.4 Å². The Morgan fingerprint density at radius 1 is 1.21 bits per heavy atom. The van der Waals surface area contributed by atoms with Crippen LogP contribution in [0.1, 0.15) is 23.1 Å². The van der Waals surface area contributed by atoms with E-state index in [0.717, 1.165) is 22.4 Å². The molecule has 1 heterocycles. The van der Waals surface area contributed by atoms with E-state index in [-0.39, 0.29) is 19.1 Å². The van der Waals surface area contributed by atoms with Gasteiger partial charge in [0, 0.05) is 24.1 Å². The van der Waals surface area contributed by atoms with Gasteiger partial charge in [0.25, 0.3) is 0 Å². The van der Waals surface area contributed by atoms with Crippen molar-refractivity contribution in [2.24, 2.45) is 11.6 Å². The van der Waals surface area contributed by atoms with Crippen LogP contribution in [0.5, 0.6) is 0 Å². The minimum atomic E-state index is 0.00341. The van der Waals surface area contributed by atoms with Gasteiger partial charge in [0.1, 0.15) is 6.61 Å². The number of nitrogens with one attached hydrogen (secondary N) is 1. The predicted molar refractivity (Wildman–Crippen MR) is 113 cm³/mol. The lowest BCUT2D eigenvalue weighted by Gasteiger charge is -2.33. The number of hydrazine groups is 1. The predicted octanol–water partition coefficient (Wildman–Crippen LogP) is 1.59. The van der Waals surface area contributed by atoms with Crippen molar-refractivity contribution in [2.75, 3.05) is 31.6 Å². The maximum absolute atomic E-state index is 13.1. The summed E-state index contributed by atoms with van der Waals surface area (Å²) in [5, 5.41) is 13.2. The van der Waals surface area contributed by atoms with Crippen LogP contribution in [0.4, 0.5) is 5.69 Å². The number of carbonyl (C=O) groups excluding carboxylic acids is 1. The van der Waals surface area contributed by atoms with Crippen LogP contribution in [0.2, 0.25) is 0 Å². The molecule has 3 rings (SSSR count). The third-order valence-corrected chi connectivity index (χ3v) is 4.94. The molecule has 0 aliphatic carbocycles. The summed E-state index contributed by atoms with van der Waals surface area (Å²) in [6.07, 6.45) is 0.367. The number of benzene rings is 2. The third kappa shape index (κ3) is 4.41. The van der Waals surface area contributed by atoms with Crippen molar-refractivity contribution in [3.05, 3.63) is 65.2 Å². The molecular formula is C21H27N5O3. The number of anilines is 1. The Morgan fingerprint density at radius 2 is 1.90 bits per heavy atom. The van der Waals surface area contributed by atoms with Gasteiger partial charge >= 0.3 is 0 Å². The molecule has 0 bridgehead atoms. The average molecular weight is 397 g/mol. The molecule has 6 N–H and O–H groups in total. The topological polar surface area (TPSA) is 117 Å². The fourth-order valence-electron chi connectivity index (χ4n) is 3.51. The number of nitrogens with two attached hydrogens (primary N) is 2. The summed E-state index contributed by atoms with van der Waals surface area (Å²) in [7, 11) is 1.82. The van der Waals surface area contributed by atoms with Crippen molar-refractivity contribution in [3.63, 3.8) is 0 Å². The summed E-state index contributed by atoms with van der Waals surface area (Å²) in [4.78, 5) is 19.0. The summed E-state index contributed by atoms with van der Waals surface area (Å²) in [5.41, 5.74) is 10.9. The van der Waals surface area contributed by atoms with E-state index >= 15 is 0 Å². The molecule has 8 nitrogen and oxygen atoms in total. The van der Waals surface area contributed by atoms with Crippen LogP contribution >= 0.6 is 0 Å². The largest absolute Gasteiger partial charge is 0.396 e. The summed E-state index contributed by atoms with van der Waals surface area (Å²) >= 11 is 0. The van der Waals surface area contributed by atoms with Gasteiger partial charge in [-0.1, -0.05) is 42.5 Å². The second-order valence-corrected chi connectivity index (χ2v) is 6.80. The highest BCUT2D eigenvalue weighted by molar-refractivity contribution is 6.01. The molecule has 0 saturated carbocycles. The Bertz CT molecular complexity index is 899. The molecule has 0 aromatic heterocycles. The second-order valence-electron chi connectivity index (χ2n) is 6.80. The van der Waals surface area contributed by atoms with Gasteiger partial charge in [-0.25, -0.2) is 10.7 Å². The Morgan fingerprint density at radius 3 is 2.62 bits per heavy atom. The lowest BCUT2D eigenvalue weighted by molar-refractivity contribution is -0.243.